The Balaban J connectivity index is 1.64. The molecule has 4 fully saturated rings. The number of aliphatic hydroxyl groups excluding tert-OH is 1. The van der Waals surface area contributed by atoms with Crippen LogP contribution in [0.5, 0.6) is 0 Å². The van der Waals surface area contributed by atoms with E-state index in [2.05, 4.69) is 13.8 Å². The standard InChI is InChI=1S/C19H32O/c1-18-11-4-3-5-13(18)6-7-14-15-8-9-17(20)19(15,2)12-10-16(14)18/h13-17,20H,3-12H2,1-2H3/t13-,14-,15+,16-,17-,18-,19+/m1/s1. The number of hydrogen-bond acceptors (Lipinski definition) is 1. The van der Waals surface area contributed by atoms with E-state index < -0.39 is 0 Å². The van der Waals surface area contributed by atoms with Crippen LogP contribution in [-0.4, -0.2) is 11.2 Å². The van der Waals surface area contributed by atoms with E-state index in [1.165, 1.54) is 57.8 Å². The number of fused-ring (bicyclic) bond motifs is 5. The summed E-state index contributed by atoms with van der Waals surface area (Å²) in [6.45, 7) is 5.04. The fourth-order valence-corrected chi connectivity index (χ4v) is 7.27. The van der Waals surface area contributed by atoms with Crippen molar-refractivity contribution in [3.63, 3.8) is 0 Å². The lowest BCUT2D eigenvalue weighted by Gasteiger charge is -2.60. The molecule has 0 aliphatic heterocycles. The summed E-state index contributed by atoms with van der Waals surface area (Å²) in [6, 6.07) is 0. The van der Waals surface area contributed by atoms with Crippen LogP contribution in [-0.2, 0) is 0 Å². The van der Waals surface area contributed by atoms with Crippen molar-refractivity contribution < 1.29 is 5.11 Å². The van der Waals surface area contributed by atoms with Crippen LogP contribution in [0.1, 0.15) is 78.1 Å². The predicted molar refractivity (Wildman–Crippen MR) is 82.4 cm³/mol. The smallest absolute Gasteiger partial charge is 0.0596 e. The van der Waals surface area contributed by atoms with Crippen molar-refractivity contribution in [2.45, 2.75) is 84.2 Å². The molecular weight excluding hydrogens is 244 g/mol. The third-order valence-corrected chi connectivity index (χ3v) is 8.53. The van der Waals surface area contributed by atoms with Crippen molar-refractivity contribution in [3.05, 3.63) is 0 Å². The fraction of sp³-hybridized carbons (Fsp3) is 1.00. The largest absolute Gasteiger partial charge is 0.393 e. The summed E-state index contributed by atoms with van der Waals surface area (Å²) in [5, 5.41) is 10.5. The topological polar surface area (TPSA) is 20.2 Å². The number of aliphatic hydroxyl groups is 1. The van der Waals surface area contributed by atoms with E-state index in [-0.39, 0.29) is 11.5 Å². The summed E-state index contributed by atoms with van der Waals surface area (Å²) in [5.41, 5.74) is 0.912. The second kappa shape index (κ2) is 4.48. The van der Waals surface area contributed by atoms with Gasteiger partial charge in [0, 0.05) is 0 Å². The van der Waals surface area contributed by atoms with Gasteiger partial charge < -0.3 is 5.11 Å². The summed E-state index contributed by atoms with van der Waals surface area (Å²) in [5.74, 6) is 3.76. The lowest BCUT2D eigenvalue weighted by molar-refractivity contribution is -0.120. The van der Waals surface area contributed by atoms with Gasteiger partial charge in [-0.3, -0.25) is 0 Å². The average Bonchev–Trinajstić information content (AvgIpc) is 2.74. The monoisotopic (exact) mass is 276 g/mol. The second-order valence-corrected chi connectivity index (χ2v) is 9.04. The SMILES string of the molecule is C[C@@]12CCCC[C@@H]1CC[C@H]1[C@H]2CC[C@]2(C)[C@H](O)CC[C@@H]12. The van der Waals surface area contributed by atoms with Crippen molar-refractivity contribution in [1.82, 2.24) is 0 Å². The summed E-state index contributed by atoms with van der Waals surface area (Å²) >= 11 is 0. The minimum atomic E-state index is -0.00895. The average molecular weight is 276 g/mol. The zero-order valence-electron chi connectivity index (χ0n) is 13.4. The third kappa shape index (κ3) is 1.65. The normalized spacial score (nSPS) is 58.6. The van der Waals surface area contributed by atoms with E-state index in [1.54, 1.807) is 0 Å². The van der Waals surface area contributed by atoms with Crippen molar-refractivity contribution in [3.8, 4) is 0 Å². The van der Waals surface area contributed by atoms with Crippen molar-refractivity contribution in [2.75, 3.05) is 0 Å². The van der Waals surface area contributed by atoms with Gasteiger partial charge >= 0.3 is 0 Å². The molecule has 0 aromatic rings. The molecule has 4 aliphatic rings. The highest BCUT2D eigenvalue weighted by molar-refractivity contribution is 5.08. The first-order valence-electron chi connectivity index (χ1n) is 9.24. The highest BCUT2D eigenvalue weighted by atomic mass is 16.3. The third-order valence-electron chi connectivity index (χ3n) is 8.53. The van der Waals surface area contributed by atoms with Crippen LogP contribution >= 0.6 is 0 Å². The zero-order valence-corrected chi connectivity index (χ0v) is 13.4. The second-order valence-electron chi connectivity index (χ2n) is 9.04. The molecule has 1 heteroatoms. The van der Waals surface area contributed by atoms with E-state index in [0.29, 0.717) is 5.41 Å². The molecule has 4 saturated carbocycles. The van der Waals surface area contributed by atoms with Gasteiger partial charge in [-0.15, -0.1) is 0 Å². The molecule has 0 unspecified atom stereocenters. The summed E-state index contributed by atoms with van der Waals surface area (Å²) in [7, 11) is 0. The molecule has 0 radical (unpaired) electrons. The highest BCUT2D eigenvalue weighted by Crippen LogP contribution is 2.66. The van der Waals surface area contributed by atoms with Gasteiger partial charge in [-0.1, -0.05) is 26.7 Å². The van der Waals surface area contributed by atoms with Crippen LogP contribution in [0, 0.1) is 34.5 Å². The Kier molecular flexibility index (Phi) is 3.05. The Labute approximate surface area is 124 Å². The highest BCUT2D eigenvalue weighted by Gasteiger charge is 2.59. The Morgan fingerprint density at radius 2 is 1.55 bits per heavy atom. The Bertz CT molecular complexity index is 391. The molecule has 0 aromatic heterocycles. The lowest BCUT2D eigenvalue weighted by atomic mass is 9.45. The maximum atomic E-state index is 10.5. The van der Waals surface area contributed by atoms with Gasteiger partial charge in [0.05, 0.1) is 6.10 Å². The van der Waals surface area contributed by atoms with Crippen LogP contribution in [0.3, 0.4) is 0 Å². The van der Waals surface area contributed by atoms with Crippen molar-refractivity contribution in [2.24, 2.45) is 34.5 Å². The first kappa shape index (κ1) is 13.6. The Morgan fingerprint density at radius 3 is 2.40 bits per heavy atom. The summed E-state index contributed by atoms with van der Waals surface area (Å²) < 4.78 is 0. The molecule has 0 saturated heterocycles. The van der Waals surface area contributed by atoms with Crippen LogP contribution in [0.4, 0.5) is 0 Å². The van der Waals surface area contributed by atoms with E-state index in [4.69, 9.17) is 0 Å². The molecule has 1 N–H and O–H groups in total. The van der Waals surface area contributed by atoms with E-state index in [1.807, 2.05) is 0 Å². The number of hydrogen-bond donors (Lipinski definition) is 1. The van der Waals surface area contributed by atoms with Gasteiger partial charge in [-0.25, -0.2) is 0 Å². The summed E-state index contributed by atoms with van der Waals surface area (Å²) in [4.78, 5) is 0. The fourth-order valence-electron chi connectivity index (χ4n) is 7.27. The Hall–Kier alpha value is -0.0400. The van der Waals surface area contributed by atoms with Gasteiger partial charge in [0.15, 0.2) is 0 Å². The van der Waals surface area contributed by atoms with Crippen molar-refractivity contribution >= 4 is 0 Å². The molecular formula is C19H32O. The molecule has 0 spiro atoms. The van der Waals surface area contributed by atoms with E-state index in [0.717, 1.165) is 30.1 Å². The van der Waals surface area contributed by atoms with Gasteiger partial charge in [-0.2, -0.15) is 0 Å². The molecule has 0 heterocycles. The minimum absolute atomic E-state index is 0.00895. The lowest BCUT2D eigenvalue weighted by Crippen LogP contribution is -2.53. The molecule has 4 rings (SSSR count). The molecule has 7 atom stereocenters. The van der Waals surface area contributed by atoms with Crippen LogP contribution in [0.2, 0.25) is 0 Å². The van der Waals surface area contributed by atoms with Crippen LogP contribution in [0.25, 0.3) is 0 Å². The molecule has 0 aromatic carbocycles. The first-order valence-corrected chi connectivity index (χ1v) is 9.24. The van der Waals surface area contributed by atoms with E-state index >= 15 is 0 Å². The molecule has 4 aliphatic carbocycles. The molecule has 0 bridgehead atoms. The summed E-state index contributed by atoms with van der Waals surface area (Å²) in [6.07, 6.45) is 14.0. The van der Waals surface area contributed by atoms with Crippen molar-refractivity contribution in [1.29, 1.82) is 0 Å². The number of rotatable bonds is 0. The Morgan fingerprint density at radius 1 is 0.750 bits per heavy atom. The zero-order chi connectivity index (χ0) is 14.0. The first-order chi connectivity index (χ1) is 9.56. The molecule has 0 amide bonds. The van der Waals surface area contributed by atoms with Gasteiger partial charge in [0.25, 0.3) is 0 Å². The maximum Gasteiger partial charge on any atom is 0.0596 e. The van der Waals surface area contributed by atoms with Gasteiger partial charge in [-0.05, 0) is 85.9 Å². The van der Waals surface area contributed by atoms with E-state index in [9.17, 15) is 5.11 Å². The van der Waals surface area contributed by atoms with Crippen LogP contribution in [0.15, 0.2) is 0 Å². The predicted octanol–water partition coefficient (Wildman–Crippen LogP) is 4.78. The van der Waals surface area contributed by atoms with Gasteiger partial charge in [0.1, 0.15) is 0 Å². The molecule has 1 nitrogen and oxygen atoms in total. The maximum absolute atomic E-state index is 10.5. The van der Waals surface area contributed by atoms with Crippen LogP contribution < -0.4 is 0 Å². The minimum Gasteiger partial charge on any atom is -0.393 e. The molecule has 114 valence electrons. The molecule has 20 heavy (non-hydrogen) atoms. The van der Waals surface area contributed by atoms with Gasteiger partial charge in [0.2, 0.25) is 0 Å². The quantitative estimate of drug-likeness (QED) is 0.675.